The van der Waals surface area contributed by atoms with Gasteiger partial charge in [0, 0.05) is 22.3 Å². The van der Waals surface area contributed by atoms with E-state index < -0.39 is 0 Å². The van der Waals surface area contributed by atoms with E-state index in [1.54, 1.807) is 10.6 Å². The summed E-state index contributed by atoms with van der Waals surface area (Å²) in [7, 11) is 0. The van der Waals surface area contributed by atoms with Gasteiger partial charge in [0.05, 0.1) is 5.52 Å². The Morgan fingerprint density at radius 3 is 2.84 bits per heavy atom. The number of hydrogen-bond donors (Lipinski definition) is 1. The molecule has 0 fully saturated rings. The van der Waals surface area contributed by atoms with Crippen LogP contribution in [0.5, 0.6) is 0 Å². The molecule has 6 nitrogen and oxygen atoms in total. The summed E-state index contributed by atoms with van der Waals surface area (Å²) in [5, 5.41) is 7.83. The van der Waals surface area contributed by atoms with Gasteiger partial charge in [-0.1, -0.05) is 58.0 Å². The number of aromatic amines is 1. The zero-order valence-electron chi connectivity index (χ0n) is 13.0. The number of aromatic nitrogens is 4. The van der Waals surface area contributed by atoms with E-state index in [1.165, 1.54) is 11.8 Å². The molecule has 2 aromatic carbocycles. The number of oxazole rings is 1. The number of fused-ring (bicyclic) bond motifs is 1. The zero-order chi connectivity index (χ0) is 17.2. The predicted octanol–water partition coefficient (Wildman–Crippen LogP) is 3.93. The number of aryl methyl sites for hydroxylation is 1. The third-order valence-electron chi connectivity index (χ3n) is 3.71. The van der Waals surface area contributed by atoms with E-state index in [-0.39, 0.29) is 5.76 Å². The highest BCUT2D eigenvalue weighted by molar-refractivity contribution is 9.10. The minimum atomic E-state index is -0.342. The molecule has 0 radical (unpaired) electrons. The maximum atomic E-state index is 12.0. The van der Waals surface area contributed by atoms with E-state index in [1.807, 2.05) is 42.5 Å². The third kappa shape index (κ3) is 3.27. The van der Waals surface area contributed by atoms with Crippen LogP contribution >= 0.6 is 27.7 Å². The Balaban J connectivity index is 1.47. The molecule has 8 heteroatoms. The molecule has 1 N–H and O–H groups in total. The number of nitrogens with zero attached hydrogens (tertiary/aromatic N) is 3. The van der Waals surface area contributed by atoms with Gasteiger partial charge in [-0.2, -0.15) is 0 Å². The molecule has 0 unspecified atom stereocenters. The van der Waals surface area contributed by atoms with Crippen LogP contribution in [0.4, 0.5) is 0 Å². The quantitative estimate of drug-likeness (QED) is 0.498. The van der Waals surface area contributed by atoms with Gasteiger partial charge in [-0.25, -0.2) is 9.78 Å². The van der Waals surface area contributed by atoms with Gasteiger partial charge in [0.1, 0.15) is 0 Å². The summed E-state index contributed by atoms with van der Waals surface area (Å²) in [6.45, 7) is 0.527. The number of para-hydroxylation sites is 2. The molecule has 0 atom stereocenters. The van der Waals surface area contributed by atoms with Gasteiger partial charge in [0.15, 0.2) is 11.4 Å². The van der Waals surface area contributed by atoms with Crippen LogP contribution in [0, 0.1) is 0 Å². The smallest absolute Gasteiger partial charge is 0.408 e. The monoisotopic (exact) mass is 416 g/mol. The summed E-state index contributed by atoms with van der Waals surface area (Å²) < 4.78 is 7.82. The van der Waals surface area contributed by atoms with Crippen molar-refractivity contribution in [2.45, 2.75) is 11.7 Å². The standard InChI is InChI=1S/C17H13BrN4O2S/c18-12-6-2-1-5-11(12)15-19-16(21-20-15)25-10-9-22-13-7-3-4-8-14(13)24-17(22)23/h1-8H,9-10H2,(H,19,20,21). The lowest BCUT2D eigenvalue weighted by molar-refractivity contribution is 0.514. The summed E-state index contributed by atoms with van der Waals surface area (Å²) in [5.41, 5.74) is 2.36. The Morgan fingerprint density at radius 2 is 1.96 bits per heavy atom. The lowest BCUT2D eigenvalue weighted by Crippen LogP contribution is -2.15. The van der Waals surface area contributed by atoms with E-state index >= 15 is 0 Å². The largest absolute Gasteiger partial charge is 0.419 e. The molecule has 126 valence electrons. The van der Waals surface area contributed by atoms with E-state index in [4.69, 9.17) is 4.42 Å². The molecule has 0 bridgehead atoms. The molecular formula is C17H13BrN4O2S. The topological polar surface area (TPSA) is 76.7 Å². The maximum absolute atomic E-state index is 12.0. The number of H-pyrrole nitrogens is 1. The average molecular weight is 417 g/mol. The van der Waals surface area contributed by atoms with Crippen molar-refractivity contribution in [3.05, 3.63) is 63.6 Å². The molecule has 0 amide bonds. The fourth-order valence-electron chi connectivity index (χ4n) is 2.54. The molecule has 4 rings (SSSR count). The molecule has 0 aliphatic carbocycles. The molecule has 0 aliphatic heterocycles. The van der Waals surface area contributed by atoms with Crippen LogP contribution in [0.2, 0.25) is 0 Å². The van der Waals surface area contributed by atoms with Gasteiger partial charge in [-0.05, 0) is 18.2 Å². The molecule has 2 heterocycles. The van der Waals surface area contributed by atoms with E-state index in [0.717, 1.165) is 15.6 Å². The highest BCUT2D eigenvalue weighted by Crippen LogP contribution is 2.26. The molecule has 0 saturated carbocycles. The van der Waals surface area contributed by atoms with Crippen LogP contribution in [-0.2, 0) is 6.54 Å². The first-order chi connectivity index (χ1) is 12.2. The Kier molecular flexibility index (Phi) is 4.46. The fraction of sp³-hybridized carbons (Fsp3) is 0.118. The Morgan fingerprint density at radius 1 is 1.16 bits per heavy atom. The summed E-state index contributed by atoms with van der Waals surface area (Å²) >= 11 is 5.00. The zero-order valence-corrected chi connectivity index (χ0v) is 15.4. The summed E-state index contributed by atoms with van der Waals surface area (Å²) in [6.07, 6.45) is 0. The van der Waals surface area contributed by atoms with Crippen molar-refractivity contribution in [2.75, 3.05) is 5.75 Å². The van der Waals surface area contributed by atoms with Crippen LogP contribution in [0.25, 0.3) is 22.5 Å². The van der Waals surface area contributed by atoms with Gasteiger partial charge in [-0.15, -0.1) is 5.10 Å². The minimum Gasteiger partial charge on any atom is -0.408 e. The lowest BCUT2D eigenvalue weighted by Gasteiger charge is -2.00. The molecule has 2 aromatic heterocycles. The first-order valence-electron chi connectivity index (χ1n) is 7.61. The molecule has 4 aromatic rings. The van der Waals surface area contributed by atoms with Crippen molar-refractivity contribution in [3.8, 4) is 11.4 Å². The van der Waals surface area contributed by atoms with Crippen molar-refractivity contribution in [1.82, 2.24) is 19.7 Å². The number of benzene rings is 2. The highest BCUT2D eigenvalue weighted by Gasteiger charge is 2.11. The second-order valence-electron chi connectivity index (χ2n) is 5.28. The molecule has 0 spiro atoms. The van der Waals surface area contributed by atoms with E-state index in [9.17, 15) is 4.79 Å². The van der Waals surface area contributed by atoms with Gasteiger partial charge in [0.2, 0.25) is 5.16 Å². The first kappa shape index (κ1) is 16.2. The van der Waals surface area contributed by atoms with Crippen LogP contribution in [0.3, 0.4) is 0 Å². The Hall–Kier alpha value is -2.32. The van der Waals surface area contributed by atoms with Crippen LogP contribution < -0.4 is 5.76 Å². The molecule has 0 aliphatic rings. The van der Waals surface area contributed by atoms with Crippen molar-refractivity contribution >= 4 is 38.8 Å². The number of halogens is 1. The molecular weight excluding hydrogens is 404 g/mol. The van der Waals surface area contributed by atoms with Gasteiger partial charge in [0.25, 0.3) is 0 Å². The van der Waals surface area contributed by atoms with Crippen molar-refractivity contribution in [1.29, 1.82) is 0 Å². The normalized spacial score (nSPS) is 11.2. The summed E-state index contributed by atoms with van der Waals surface area (Å²) in [6, 6.07) is 15.2. The number of nitrogens with one attached hydrogen (secondary N) is 1. The fourth-order valence-corrected chi connectivity index (χ4v) is 3.73. The van der Waals surface area contributed by atoms with Crippen LogP contribution in [0.1, 0.15) is 0 Å². The lowest BCUT2D eigenvalue weighted by atomic mass is 10.2. The van der Waals surface area contributed by atoms with Gasteiger partial charge < -0.3 is 4.42 Å². The van der Waals surface area contributed by atoms with E-state index in [0.29, 0.717) is 28.9 Å². The van der Waals surface area contributed by atoms with Crippen LogP contribution in [0.15, 0.2) is 67.4 Å². The van der Waals surface area contributed by atoms with Crippen LogP contribution in [-0.4, -0.2) is 25.5 Å². The predicted molar refractivity (Wildman–Crippen MR) is 101 cm³/mol. The summed E-state index contributed by atoms with van der Waals surface area (Å²) in [4.78, 5) is 16.5. The van der Waals surface area contributed by atoms with Crippen molar-refractivity contribution < 1.29 is 4.42 Å². The SMILES string of the molecule is O=c1oc2ccccc2n1CCSc1n[nH]c(-c2ccccc2Br)n1. The Bertz CT molecular complexity index is 1090. The second-order valence-corrected chi connectivity index (χ2v) is 7.20. The number of thioether (sulfide) groups is 1. The Labute approximate surface area is 155 Å². The number of rotatable bonds is 5. The molecule has 0 saturated heterocycles. The second kappa shape index (κ2) is 6.89. The van der Waals surface area contributed by atoms with Gasteiger partial charge in [-0.3, -0.25) is 9.67 Å². The van der Waals surface area contributed by atoms with E-state index in [2.05, 4.69) is 31.1 Å². The third-order valence-corrected chi connectivity index (χ3v) is 5.23. The highest BCUT2D eigenvalue weighted by atomic mass is 79.9. The number of hydrogen-bond acceptors (Lipinski definition) is 5. The molecule has 25 heavy (non-hydrogen) atoms. The summed E-state index contributed by atoms with van der Waals surface area (Å²) in [5.74, 6) is 1.03. The first-order valence-corrected chi connectivity index (χ1v) is 9.39. The van der Waals surface area contributed by atoms with Crippen molar-refractivity contribution in [3.63, 3.8) is 0 Å². The average Bonchev–Trinajstić information content (AvgIpc) is 3.20. The maximum Gasteiger partial charge on any atom is 0.419 e. The minimum absolute atomic E-state index is 0.342. The van der Waals surface area contributed by atoms with Gasteiger partial charge >= 0.3 is 5.76 Å². The van der Waals surface area contributed by atoms with Crippen molar-refractivity contribution in [2.24, 2.45) is 0 Å².